The van der Waals surface area contributed by atoms with E-state index in [1.54, 1.807) is 7.11 Å². The van der Waals surface area contributed by atoms with Crippen molar-refractivity contribution in [3.8, 4) is 5.75 Å². The molecule has 0 saturated heterocycles. The Kier molecular flexibility index (Phi) is 5.18. The average molecular weight is 405 g/mol. The summed E-state index contributed by atoms with van der Waals surface area (Å²) in [6.07, 6.45) is 6.31. The molecule has 5 rings (SSSR count). The lowest BCUT2D eigenvalue weighted by atomic mass is 9.53. The number of hydrogen-bond donors (Lipinski definition) is 0. The highest BCUT2D eigenvalue weighted by atomic mass is 16.5. The molecule has 0 spiro atoms. The molecule has 0 N–H and O–H groups in total. The number of rotatable bonds is 5. The van der Waals surface area contributed by atoms with Crippen molar-refractivity contribution in [1.82, 2.24) is 0 Å². The molecule has 2 saturated carbocycles. The molecule has 3 heteroatoms. The van der Waals surface area contributed by atoms with Gasteiger partial charge < -0.3 is 9.47 Å². The van der Waals surface area contributed by atoms with Gasteiger partial charge in [0.2, 0.25) is 0 Å². The molecular weight excluding hydrogens is 372 g/mol. The van der Waals surface area contributed by atoms with E-state index in [0.717, 1.165) is 31.4 Å². The van der Waals surface area contributed by atoms with Crippen LogP contribution in [0.3, 0.4) is 0 Å². The van der Waals surface area contributed by atoms with E-state index in [9.17, 15) is 4.79 Å². The standard InChI is InChI=1S/C27H32O3/c1-3-27-16-24(28)26-21-12-10-20(29-2)15-19(21)9-11-22(26)23(27)13-14-25(27)30-17-18-7-5-4-6-8-18/h4-8,10,12,15,22-23,25-26H,3,9,11,13-14,16-17H2,1-2H3/t22-,23-,25-,26+,27-/m0/s1. The first-order chi connectivity index (χ1) is 14.7. The van der Waals surface area contributed by atoms with Gasteiger partial charge in [-0.25, -0.2) is 0 Å². The van der Waals surface area contributed by atoms with E-state index in [0.29, 0.717) is 30.6 Å². The molecule has 0 bridgehead atoms. The lowest BCUT2D eigenvalue weighted by Gasteiger charge is -2.51. The van der Waals surface area contributed by atoms with Gasteiger partial charge >= 0.3 is 0 Å². The number of ketones is 1. The predicted octanol–water partition coefficient (Wildman–Crippen LogP) is 5.71. The normalized spacial score (nSPS) is 32.3. The summed E-state index contributed by atoms with van der Waals surface area (Å²) in [4.78, 5) is 13.6. The molecule has 0 amide bonds. The van der Waals surface area contributed by atoms with Crippen LogP contribution in [0.5, 0.6) is 5.75 Å². The maximum Gasteiger partial charge on any atom is 0.141 e. The molecule has 5 atom stereocenters. The Bertz CT molecular complexity index is 921. The van der Waals surface area contributed by atoms with Gasteiger partial charge in [-0.1, -0.05) is 43.3 Å². The number of hydrogen-bond acceptors (Lipinski definition) is 3. The minimum atomic E-state index is 0.0109. The maximum atomic E-state index is 13.6. The van der Waals surface area contributed by atoms with Gasteiger partial charge in [0.1, 0.15) is 11.5 Å². The molecule has 30 heavy (non-hydrogen) atoms. The van der Waals surface area contributed by atoms with E-state index < -0.39 is 0 Å². The topological polar surface area (TPSA) is 35.5 Å². The quantitative estimate of drug-likeness (QED) is 0.641. The molecular formula is C27H32O3. The monoisotopic (exact) mass is 404 g/mol. The minimum Gasteiger partial charge on any atom is -0.497 e. The number of Topliss-reactive ketones (excluding diaryl/α,β-unsaturated/α-hetero) is 1. The zero-order valence-electron chi connectivity index (χ0n) is 18.1. The fraction of sp³-hybridized carbons (Fsp3) is 0.519. The summed E-state index contributed by atoms with van der Waals surface area (Å²) in [5, 5.41) is 0. The number of fused-ring (bicyclic) bond motifs is 5. The summed E-state index contributed by atoms with van der Waals surface area (Å²) in [5.41, 5.74) is 3.79. The van der Waals surface area contributed by atoms with E-state index in [2.05, 4.69) is 43.3 Å². The second-order valence-corrected chi connectivity index (χ2v) is 9.44. The van der Waals surface area contributed by atoms with Crippen molar-refractivity contribution < 1.29 is 14.3 Å². The number of carbonyl (C=O) groups excluding carboxylic acids is 1. The van der Waals surface area contributed by atoms with Crippen molar-refractivity contribution in [1.29, 1.82) is 0 Å². The van der Waals surface area contributed by atoms with Crippen LogP contribution >= 0.6 is 0 Å². The van der Waals surface area contributed by atoms with Crippen LogP contribution in [0.25, 0.3) is 0 Å². The first-order valence-electron chi connectivity index (χ1n) is 11.5. The Labute approximate surface area is 179 Å². The van der Waals surface area contributed by atoms with Crippen LogP contribution in [0.15, 0.2) is 48.5 Å². The van der Waals surface area contributed by atoms with Crippen LogP contribution < -0.4 is 4.74 Å². The molecule has 3 nitrogen and oxygen atoms in total. The van der Waals surface area contributed by atoms with E-state index in [1.165, 1.54) is 23.1 Å². The van der Waals surface area contributed by atoms with Crippen molar-refractivity contribution in [3.05, 3.63) is 65.2 Å². The number of methoxy groups -OCH3 is 1. The maximum absolute atomic E-state index is 13.6. The summed E-state index contributed by atoms with van der Waals surface area (Å²) >= 11 is 0. The van der Waals surface area contributed by atoms with E-state index in [-0.39, 0.29) is 17.4 Å². The van der Waals surface area contributed by atoms with Gasteiger partial charge in [-0.2, -0.15) is 0 Å². The summed E-state index contributed by atoms with van der Waals surface area (Å²) in [5.74, 6) is 2.43. The lowest BCUT2D eigenvalue weighted by Crippen LogP contribution is -2.50. The van der Waals surface area contributed by atoms with Crippen LogP contribution in [0.2, 0.25) is 0 Å². The zero-order chi connectivity index (χ0) is 20.7. The third kappa shape index (κ3) is 3.10. The molecule has 0 radical (unpaired) electrons. The molecule has 3 aliphatic rings. The molecule has 2 aromatic carbocycles. The Morgan fingerprint density at radius 1 is 1.07 bits per heavy atom. The minimum absolute atomic E-state index is 0.0109. The second kappa shape index (κ2) is 7.85. The van der Waals surface area contributed by atoms with Crippen molar-refractivity contribution in [2.45, 2.75) is 64.1 Å². The van der Waals surface area contributed by atoms with Crippen LogP contribution in [-0.4, -0.2) is 19.0 Å². The van der Waals surface area contributed by atoms with Crippen LogP contribution in [0.4, 0.5) is 0 Å². The average Bonchev–Trinajstić information content (AvgIpc) is 3.16. The van der Waals surface area contributed by atoms with Crippen LogP contribution in [0, 0.1) is 17.3 Å². The molecule has 0 aromatic heterocycles. The Balaban J connectivity index is 1.41. The fourth-order valence-corrected chi connectivity index (χ4v) is 6.89. The molecule has 158 valence electrons. The van der Waals surface area contributed by atoms with Gasteiger partial charge in [-0.3, -0.25) is 4.79 Å². The van der Waals surface area contributed by atoms with E-state index in [4.69, 9.17) is 9.47 Å². The van der Waals surface area contributed by atoms with Crippen LogP contribution in [0.1, 0.15) is 61.6 Å². The third-order valence-electron chi connectivity index (χ3n) is 8.30. The highest BCUT2D eigenvalue weighted by molar-refractivity contribution is 5.88. The van der Waals surface area contributed by atoms with E-state index in [1.807, 2.05) is 12.1 Å². The molecule has 3 aliphatic carbocycles. The van der Waals surface area contributed by atoms with E-state index >= 15 is 0 Å². The summed E-state index contributed by atoms with van der Waals surface area (Å²) < 4.78 is 11.9. The molecule has 2 fully saturated rings. The largest absolute Gasteiger partial charge is 0.497 e. The molecule has 0 unspecified atom stereocenters. The van der Waals surface area contributed by atoms with Gasteiger partial charge in [0, 0.05) is 17.8 Å². The SMILES string of the molecule is CC[C@]12CC(=O)[C@@H]3c4ccc(OC)cc4CC[C@H]3[C@@H]1CC[C@@H]2OCc1ccccc1. The van der Waals surface area contributed by atoms with Crippen molar-refractivity contribution >= 4 is 5.78 Å². The fourth-order valence-electron chi connectivity index (χ4n) is 6.89. The van der Waals surface area contributed by atoms with Crippen molar-refractivity contribution in [2.75, 3.05) is 7.11 Å². The number of benzene rings is 2. The number of aryl methyl sites for hydroxylation is 1. The summed E-state index contributed by atoms with van der Waals surface area (Å²) in [6.45, 7) is 2.91. The zero-order valence-corrected chi connectivity index (χ0v) is 18.1. The smallest absolute Gasteiger partial charge is 0.141 e. The molecule has 0 aliphatic heterocycles. The van der Waals surface area contributed by atoms with Gasteiger partial charge in [0.05, 0.1) is 19.8 Å². The highest BCUT2D eigenvalue weighted by Crippen LogP contribution is 2.62. The Morgan fingerprint density at radius 2 is 1.90 bits per heavy atom. The summed E-state index contributed by atoms with van der Waals surface area (Å²) in [6, 6.07) is 16.7. The third-order valence-corrected chi connectivity index (χ3v) is 8.30. The molecule has 2 aromatic rings. The molecule has 0 heterocycles. The van der Waals surface area contributed by atoms with Gasteiger partial charge in [0.15, 0.2) is 0 Å². The number of ether oxygens (including phenoxy) is 2. The predicted molar refractivity (Wildman–Crippen MR) is 118 cm³/mol. The highest BCUT2D eigenvalue weighted by Gasteiger charge is 2.59. The van der Waals surface area contributed by atoms with Crippen LogP contribution in [-0.2, 0) is 22.6 Å². The Morgan fingerprint density at radius 3 is 2.67 bits per heavy atom. The second-order valence-electron chi connectivity index (χ2n) is 9.44. The first kappa shape index (κ1) is 19.8. The van der Waals surface area contributed by atoms with Crippen molar-refractivity contribution in [2.24, 2.45) is 17.3 Å². The number of carbonyl (C=O) groups is 1. The lowest BCUT2D eigenvalue weighted by molar-refractivity contribution is -0.140. The van der Waals surface area contributed by atoms with Gasteiger partial charge in [0.25, 0.3) is 0 Å². The summed E-state index contributed by atoms with van der Waals surface area (Å²) in [7, 11) is 1.71. The van der Waals surface area contributed by atoms with Gasteiger partial charge in [-0.05, 0) is 72.8 Å². The first-order valence-corrected chi connectivity index (χ1v) is 11.5. The van der Waals surface area contributed by atoms with Gasteiger partial charge in [-0.15, -0.1) is 0 Å². The van der Waals surface area contributed by atoms with Crippen molar-refractivity contribution in [3.63, 3.8) is 0 Å². The Hall–Kier alpha value is -2.13.